The van der Waals surface area contributed by atoms with Crippen LogP contribution in [0.25, 0.3) is 0 Å². The molecule has 20 heavy (non-hydrogen) atoms. The lowest BCUT2D eigenvalue weighted by atomic mass is 9.85. The molecule has 1 aliphatic heterocycles. The van der Waals surface area contributed by atoms with Crippen molar-refractivity contribution in [3.63, 3.8) is 0 Å². The molecule has 1 N–H and O–H groups in total. The van der Waals surface area contributed by atoms with Crippen LogP contribution in [0.15, 0.2) is 18.2 Å². The van der Waals surface area contributed by atoms with E-state index in [1.54, 1.807) is 12.1 Å². The van der Waals surface area contributed by atoms with Gasteiger partial charge in [0.15, 0.2) is 0 Å². The minimum atomic E-state index is -0.142. The zero-order valence-electron chi connectivity index (χ0n) is 13.0. The van der Waals surface area contributed by atoms with E-state index in [1.807, 2.05) is 6.07 Å². The Kier molecular flexibility index (Phi) is 5.03. The zero-order chi connectivity index (χ0) is 14.6. The Morgan fingerprint density at radius 2 is 2.05 bits per heavy atom. The molecule has 112 valence electrons. The molecular formula is C17H27FN2. The zero-order valence-corrected chi connectivity index (χ0v) is 13.0. The molecule has 0 spiro atoms. The van der Waals surface area contributed by atoms with Crippen molar-refractivity contribution >= 4 is 5.69 Å². The first-order valence-electron chi connectivity index (χ1n) is 7.76. The van der Waals surface area contributed by atoms with E-state index in [9.17, 15) is 4.39 Å². The highest BCUT2D eigenvalue weighted by atomic mass is 19.1. The van der Waals surface area contributed by atoms with Gasteiger partial charge in [0.2, 0.25) is 0 Å². The van der Waals surface area contributed by atoms with E-state index < -0.39 is 0 Å². The van der Waals surface area contributed by atoms with Crippen LogP contribution in [-0.2, 0) is 6.54 Å². The highest BCUT2D eigenvalue weighted by Crippen LogP contribution is 2.32. The van der Waals surface area contributed by atoms with Crippen molar-refractivity contribution < 1.29 is 4.39 Å². The van der Waals surface area contributed by atoms with E-state index in [4.69, 9.17) is 0 Å². The summed E-state index contributed by atoms with van der Waals surface area (Å²) in [6, 6.07) is 5.20. The summed E-state index contributed by atoms with van der Waals surface area (Å²) in [5.74, 6) is -0.142. The second-order valence-electron chi connectivity index (χ2n) is 6.56. The second-order valence-corrected chi connectivity index (χ2v) is 6.56. The molecule has 0 unspecified atom stereocenters. The average Bonchev–Trinajstić information content (AvgIpc) is 2.58. The summed E-state index contributed by atoms with van der Waals surface area (Å²) in [5.41, 5.74) is 2.70. The van der Waals surface area contributed by atoms with E-state index >= 15 is 0 Å². The Balaban J connectivity index is 2.18. The quantitative estimate of drug-likeness (QED) is 0.897. The molecule has 0 atom stereocenters. The molecule has 1 aromatic carbocycles. The fourth-order valence-corrected chi connectivity index (χ4v) is 2.93. The summed E-state index contributed by atoms with van der Waals surface area (Å²) in [6.07, 6.45) is 3.68. The fraction of sp³-hybridized carbons (Fsp3) is 0.647. The van der Waals surface area contributed by atoms with Gasteiger partial charge in [-0.3, -0.25) is 0 Å². The largest absolute Gasteiger partial charge is 0.371 e. The van der Waals surface area contributed by atoms with Crippen LogP contribution < -0.4 is 10.2 Å². The van der Waals surface area contributed by atoms with Gasteiger partial charge in [-0.2, -0.15) is 0 Å². The van der Waals surface area contributed by atoms with Crippen LogP contribution in [0.3, 0.4) is 0 Å². The van der Waals surface area contributed by atoms with Crippen molar-refractivity contribution in [2.24, 2.45) is 5.41 Å². The molecule has 2 rings (SSSR count). The summed E-state index contributed by atoms with van der Waals surface area (Å²) in [7, 11) is 0. The van der Waals surface area contributed by atoms with Crippen molar-refractivity contribution in [3.8, 4) is 0 Å². The lowest BCUT2D eigenvalue weighted by Gasteiger charge is -2.27. The number of nitrogens with one attached hydrogen (secondary N) is 1. The molecule has 2 nitrogen and oxygen atoms in total. The Bertz CT molecular complexity index is 443. The number of nitrogens with zero attached hydrogens (tertiary/aromatic N) is 1. The molecule has 1 saturated heterocycles. The summed E-state index contributed by atoms with van der Waals surface area (Å²) in [5, 5.41) is 3.31. The third-order valence-electron chi connectivity index (χ3n) is 4.29. The van der Waals surface area contributed by atoms with Crippen molar-refractivity contribution in [2.45, 2.75) is 46.6 Å². The van der Waals surface area contributed by atoms with Gasteiger partial charge in [0.1, 0.15) is 5.82 Å². The maximum absolute atomic E-state index is 13.5. The van der Waals surface area contributed by atoms with Gasteiger partial charge in [-0.05, 0) is 55.0 Å². The summed E-state index contributed by atoms with van der Waals surface area (Å²) < 4.78 is 13.5. The third kappa shape index (κ3) is 3.95. The molecular weight excluding hydrogens is 251 g/mol. The summed E-state index contributed by atoms with van der Waals surface area (Å²) in [6.45, 7) is 10.6. The van der Waals surface area contributed by atoms with Crippen LogP contribution in [0.5, 0.6) is 0 Å². The molecule has 0 amide bonds. The molecule has 1 fully saturated rings. The molecule has 3 heteroatoms. The van der Waals surface area contributed by atoms with Gasteiger partial charge in [0, 0.05) is 25.3 Å². The highest BCUT2D eigenvalue weighted by molar-refractivity contribution is 5.54. The van der Waals surface area contributed by atoms with Gasteiger partial charge in [-0.25, -0.2) is 4.39 Å². The predicted octanol–water partition coefficient (Wildman–Crippen LogP) is 3.95. The van der Waals surface area contributed by atoms with Gasteiger partial charge in [-0.15, -0.1) is 0 Å². The van der Waals surface area contributed by atoms with Crippen LogP contribution in [0.4, 0.5) is 10.1 Å². The first-order valence-corrected chi connectivity index (χ1v) is 7.76. The molecule has 1 heterocycles. The van der Waals surface area contributed by atoms with Crippen molar-refractivity contribution in [1.29, 1.82) is 0 Å². The number of hydrogen-bond donors (Lipinski definition) is 1. The molecule has 0 aromatic heterocycles. The maximum Gasteiger partial charge on any atom is 0.123 e. The summed E-state index contributed by atoms with van der Waals surface area (Å²) >= 11 is 0. The highest BCUT2D eigenvalue weighted by Gasteiger charge is 2.24. The van der Waals surface area contributed by atoms with Gasteiger partial charge in [0.05, 0.1) is 0 Å². The average molecular weight is 278 g/mol. The number of benzene rings is 1. The topological polar surface area (TPSA) is 15.3 Å². The van der Waals surface area contributed by atoms with E-state index in [0.29, 0.717) is 5.41 Å². The second kappa shape index (κ2) is 6.57. The molecule has 1 aromatic rings. The lowest BCUT2D eigenvalue weighted by Crippen LogP contribution is -2.27. The van der Waals surface area contributed by atoms with Gasteiger partial charge in [0.25, 0.3) is 0 Å². The molecule has 0 radical (unpaired) electrons. The van der Waals surface area contributed by atoms with E-state index in [0.717, 1.165) is 31.7 Å². The molecule has 0 saturated carbocycles. The van der Waals surface area contributed by atoms with E-state index in [-0.39, 0.29) is 5.82 Å². The van der Waals surface area contributed by atoms with Crippen molar-refractivity contribution in [3.05, 3.63) is 29.6 Å². The lowest BCUT2D eigenvalue weighted by molar-refractivity contribution is 0.325. The number of anilines is 1. The van der Waals surface area contributed by atoms with Gasteiger partial charge < -0.3 is 10.2 Å². The fourth-order valence-electron chi connectivity index (χ4n) is 2.93. The number of hydrogen-bond acceptors (Lipinski definition) is 2. The van der Waals surface area contributed by atoms with E-state index in [2.05, 4.69) is 31.0 Å². The Morgan fingerprint density at radius 3 is 2.80 bits per heavy atom. The van der Waals surface area contributed by atoms with Crippen LogP contribution in [0.2, 0.25) is 0 Å². The first kappa shape index (κ1) is 15.3. The Labute approximate surface area is 122 Å². The monoisotopic (exact) mass is 278 g/mol. The predicted molar refractivity (Wildman–Crippen MR) is 83.6 cm³/mol. The van der Waals surface area contributed by atoms with Crippen molar-refractivity contribution in [1.82, 2.24) is 5.32 Å². The van der Waals surface area contributed by atoms with Crippen LogP contribution in [0.1, 0.15) is 45.6 Å². The van der Waals surface area contributed by atoms with Crippen molar-refractivity contribution in [2.75, 3.05) is 24.5 Å². The SMILES string of the molecule is CCNCc1cc(F)ccc1N1CCCC(C)(C)CC1. The molecule has 1 aliphatic rings. The maximum atomic E-state index is 13.5. The minimum Gasteiger partial charge on any atom is -0.371 e. The van der Waals surface area contributed by atoms with E-state index in [1.165, 1.54) is 24.9 Å². The van der Waals surface area contributed by atoms with Crippen LogP contribution in [0, 0.1) is 11.2 Å². The van der Waals surface area contributed by atoms with Crippen LogP contribution in [-0.4, -0.2) is 19.6 Å². The smallest absolute Gasteiger partial charge is 0.123 e. The van der Waals surface area contributed by atoms with Gasteiger partial charge in [-0.1, -0.05) is 20.8 Å². The van der Waals surface area contributed by atoms with Gasteiger partial charge >= 0.3 is 0 Å². The Morgan fingerprint density at radius 1 is 1.25 bits per heavy atom. The standard InChI is InChI=1S/C17H27FN2/c1-4-19-13-14-12-15(18)6-7-16(14)20-10-5-8-17(2,3)9-11-20/h6-7,12,19H,4-5,8-11,13H2,1-3H3. The normalized spacial score (nSPS) is 18.9. The molecule has 0 bridgehead atoms. The number of halogens is 1. The molecule has 0 aliphatic carbocycles. The summed E-state index contributed by atoms with van der Waals surface area (Å²) in [4.78, 5) is 2.43. The third-order valence-corrected chi connectivity index (χ3v) is 4.29. The first-order chi connectivity index (χ1) is 9.52. The Hall–Kier alpha value is -1.09. The number of rotatable bonds is 4. The minimum absolute atomic E-state index is 0.142. The van der Waals surface area contributed by atoms with Crippen LogP contribution >= 0.6 is 0 Å².